The van der Waals surface area contributed by atoms with Gasteiger partial charge < -0.3 is 20.5 Å². The molecule has 1 atom stereocenters. The molecule has 0 fully saturated rings. The van der Waals surface area contributed by atoms with E-state index in [-0.39, 0.29) is 16.8 Å². The fourth-order valence-corrected chi connectivity index (χ4v) is 1.74. The Balaban J connectivity index is 3.80. The summed E-state index contributed by atoms with van der Waals surface area (Å²) in [5, 5.41) is 2.75. The Labute approximate surface area is 108 Å². The first kappa shape index (κ1) is 16.3. The summed E-state index contributed by atoms with van der Waals surface area (Å²) < 4.78 is 10.0. The summed E-state index contributed by atoms with van der Waals surface area (Å²) in [6, 6.07) is 0. The van der Waals surface area contributed by atoms with Gasteiger partial charge in [-0.15, -0.1) is 0 Å². The third kappa shape index (κ3) is 7.25. The van der Waals surface area contributed by atoms with Gasteiger partial charge in [0.2, 0.25) is 5.91 Å². The fraction of sp³-hybridized carbons (Fsp3) is 0.818. The molecule has 0 saturated heterocycles. The van der Waals surface area contributed by atoms with Crippen LogP contribution in [0.15, 0.2) is 0 Å². The molecule has 0 rings (SSSR count). The van der Waals surface area contributed by atoms with Crippen LogP contribution >= 0.6 is 12.2 Å². The van der Waals surface area contributed by atoms with Gasteiger partial charge in [0, 0.05) is 13.7 Å². The third-order valence-corrected chi connectivity index (χ3v) is 2.49. The zero-order chi connectivity index (χ0) is 13.3. The van der Waals surface area contributed by atoms with Crippen LogP contribution in [0.25, 0.3) is 0 Å². The average Bonchev–Trinajstić information content (AvgIpc) is 2.22. The number of nitrogens with one attached hydrogen (secondary N) is 1. The second-order valence-electron chi connectivity index (χ2n) is 4.02. The molecule has 17 heavy (non-hydrogen) atoms. The van der Waals surface area contributed by atoms with Crippen molar-refractivity contribution in [3.63, 3.8) is 0 Å². The molecule has 5 nitrogen and oxygen atoms in total. The van der Waals surface area contributed by atoms with Crippen LogP contribution in [0.5, 0.6) is 0 Å². The van der Waals surface area contributed by atoms with Crippen LogP contribution in [-0.2, 0) is 14.3 Å². The van der Waals surface area contributed by atoms with Crippen LogP contribution in [-0.4, -0.2) is 44.4 Å². The van der Waals surface area contributed by atoms with Crippen molar-refractivity contribution in [3.8, 4) is 0 Å². The molecule has 0 radical (unpaired) electrons. The lowest BCUT2D eigenvalue weighted by atomic mass is 9.95. The summed E-state index contributed by atoms with van der Waals surface area (Å²) in [7, 11) is 1.61. The maximum absolute atomic E-state index is 11.8. The van der Waals surface area contributed by atoms with Gasteiger partial charge in [-0.2, -0.15) is 0 Å². The minimum absolute atomic E-state index is 0.0990. The number of rotatable bonds is 9. The van der Waals surface area contributed by atoms with Crippen molar-refractivity contribution >= 4 is 23.1 Å². The molecule has 0 aromatic carbocycles. The van der Waals surface area contributed by atoms with Gasteiger partial charge >= 0.3 is 0 Å². The predicted molar refractivity (Wildman–Crippen MR) is 70.8 cm³/mol. The first-order chi connectivity index (χ1) is 8.00. The van der Waals surface area contributed by atoms with Crippen molar-refractivity contribution in [2.45, 2.75) is 13.8 Å². The quantitative estimate of drug-likeness (QED) is 0.462. The van der Waals surface area contributed by atoms with Crippen LogP contribution in [0.2, 0.25) is 0 Å². The van der Waals surface area contributed by atoms with Crippen LogP contribution in [0.3, 0.4) is 0 Å². The molecule has 1 amide bonds. The lowest BCUT2D eigenvalue weighted by molar-refractivity contribution is -0.124. The monoisotopic (exact) mass is 262 g/mol. The molecular weight excluding hydrogens is 240 g/mol. The van der Waals surface area contributed by atoms with E-state index in [4.69, 9.17) is 27.4 Å². The van der Waals surface area contributed by atoms with Gasteiger partial charge in [-0.1, -0.05) is 26.1 Å². The minimum atomic E-state index is -0.413. The Bertz CT molecular complexity index is 247. The molecule has 3 N–H and O–H groups in total. The van der Waals surface area contributed by atoms with Gasteiger partial charge in [-0.3, -0.25) is 4.79 Å². The number of carbonyl (C=O) groups is 1. The van der Waals surface area contributed by atoms with Crippen molar-refractivity contribution in [2.75, 3.05) is 33.5 Å². The Morgan fingerprint density at radius 2 is 2.00 bits per heavy atom. The van der Waals surface area contributed by atoms with Gasteiger partial charge in [0.15, 0.2) is 0 Å². The number of ether oxygens (including phenoxy) is 2. The minimum Gasteiger partial charge on any atom is -0.393 e. The van der Waals surface area contributed by atoms with Crippen LogP contribution in [0, 0.1) is 11.8 Å². The van der Waals surface area contributed by atoms with E-state index in [1.54, 1.807) is 7.11 Å². The Morgan fingerprint density at radius 3 is 2.47 bits per heavy atom. The van der Waals surface area contributed by atoms with E-state index < -0.39 is 5.92 Å². The SMILES string of the molecule is COCCOCCNC(=O)C(C(N)=S)C(C)C. The maximum atomic E-state index is 11.8. The fourth-order valence-electron chi connectivity index (χ4n) is 1.36. The van der Waals surface area contributed by atoms with Gasteiger partial charge in [0.05, 0.1) is 30.7 Å². The van der Waals surface area contributed by atoms with Gasteiger partial charge in [0.1, 0.15) is 0 Å². The van der Waals surface area contributed by atoms with E-state index in [0.29, 0.717) is 26.4 Å². The molecule has 0 aliphatic carbocycles. The summed E-state index contributed by atoms with van der Waals surface area (Å²) in [6.45, 7) is 5.81. The highest BCUT2D eigenvalue weighted by atomic mass is 32.1. The molecule has 0 aliphatic heterocycles. The molecule has 0 spiro atoms. The summed E-state index contributed by atoms with van der Waals surface area (Å²) >= 11 is 4.87. The van der Waals surface area contributed by atoms with Gasteiger partial charge in [0.25, 0.3) is 0 Å². The van der Waals surface area contributed by atoms with Gasteiger partial charge in [-0.05, 0) is 5.92 Å². The molecule has 1 unspecified atom stereocenters. The number of hydrogen-bond acceptors (Lipinski definition) is 4. The molecule has 0 aromatic rings. The molecule has 6 heteroatoms. The largest absolute Gasteiger partial charge is 0.393 e. The lowest BCUT2D eigenvalue weighted by Gasteiger charge is -2.18. The highest BCUT2D eigenvalue weighted by molar-refractivity contribution is 7.80. The summed E-state index contributed by atoms with van der Waals surface area (Å²) in [4.78, 5) is 12.0. The number of carbonyl (C=O) groups excluding carboxylic acids is 1. The number of thiocarbonyl (C=S) groups is 1. The van der Waals surface area contributed by atoms with Crippen molar-refractivity contribution in [1.29, 1.82) is 0 Å². The predicted octanol–water partition coefficient (Wildman–Crippen LogP) is 0.324. The van der Waals surface area contributed by atoms with Crippen molar-refractivity contribution in [2.24, 2.45) is 17.6 Å². The van der Waals surface area contributed by atoms with E-state index in [0.717, 1.165) is 0 Å². The second-order valence-corrected chi connectivity index (χ2v) is 4.49. The Hall–Kier alpha value is -0.720. The maximum Gasteiger partial charge on any atom is 0.230 e. The Morgan fingerprint density at radius 1 is 1.35 bits per heavy atom. The first-order valence-electron chi connectivity index (χ1n) is 5.64. The van der Waals surface area contributed by atoms with Crippen LogP contribution in [0.1, 0.15) is 13.8 Å². The van der Waals surface area contributed by atoms with E-state index in [1.165, 1.54) is 0 Å². The Kier molecular flexibility index (Phi) is 8.93. The third-order valence-electron chi connectivity index (χ3n) is 2.23. The zero-order valence-corrected chi connectivity index (χ0v) is 11.5. The number of nitrogens with two attached hydrogens (primary N) is 1. The molecule has 0 saturated carbocycles. The smallest absolute Gasteiger partial charge is 0.230 e. The second kappa shape index (κ2) is 9.32. The highest BCUT2D eigenvalue weighted by Crippen LogP contribution is 2.11. The molecule has 0 bridgehead atoms. The standard InChI is InChI=1S/C11H22N2O3S/c1-8(2)9(10(12)17)11(14)13-4-5-16-7-6-15-3/h8-9H,4-7H2,1-3H3,(H2,12,17)(H,13,14). The average molecular weight is 262 g/mol. The van der Waals surface area contributed by atoms with E-state index in [9.17, 15) is 4.79 Å². The molecule has 0 aromatic heterocycles. The van der Waals surface area contributed by atoms with Gasteiger partial charge in [-0.25, -0.2) is 0 Å². The van der Waals surface area contributed by atoms with E-state index in [2.05, 4.69) is 5.32 Å². The molecule has 0 heterocycles. The van der Waals surface area contributed by atoms with E-state index >= 15 is 0 Å². The molecule has 0 aliphatic rings. The van der Waals surface area contributed by atoms with E-state index in [1.807, 2.05) is 13.8 Å². The van der Waals surface area contributed by atoms with Crippen molar-refractivity contribution in [1.82, 2.24) is 5.32 Å². The number of hydrogen-bond donors (Lipinski definition) is 2. The summed E-state index contributed by atoms with van der Waals surface area (Å²) in [5.41, 5.74) is 5.53. The normalized spacial score (nSPS) is 12.5. The molecule has 100 valence electrons. The molecular formula is C11H22N2O3S. The van der Waals surface area contributed by atoms with Crippen molar-refractivity contribution in [3.05, 3.63) is 0 Å². The zero-order valence-electron chi connectivity index (χ0n) is 10.7. The number of amides is 1. The summed E-state index contributed by atoms with van der Waals surface area (Å²) in [5.74, 6) is -0.450. The topological polar surface area (TPSA) is 73.6 Å². The van der Waals surface area contributed by atoms with Crippen LogP contribution < -0.4 is 11.1 Å². The number of methoxy groups -OCH3 is 1. The summed E-state index contributed by atoms with van der Waals surface area (Å²) in [6.07, 6.45) is 0. The first-order valence-corrected chi connectivity index (χ1v) is 6.05. The van der Waals surface area contributed by atoms with Crippen molar-refractivity contribution < 1.29 is 14.3 Å². The van der Waals surface area contributed by atoms with Crippen LogP contribution in [0.4, 0.5) is 0 Å². The highest BCUT2D eigenvalue weighted by Gasteiger charge is 2.24. The lowest BCUT2D eigenvalue weighted by Crippen LogP contribution is -2.41.